The standard InChI is InChI=1S/C16H12F3N3O4/c17-11-5-6-12(16(19)15(11)18)21-14(24)8-20-13(23)7-9-1-3-10(4-2-9)22(25)26/h1-6H,7-8H2,(H,20,23)(H,21,24). The maximum atomic E-state index is 13.4. The number of anilines is 1. The van der Waals surface area contributed by atoms with Crippen LogP contribution in [0.5, 0.6) is 0 Å². The molecule has 26 heavy (non-hydrogen) atoms. The number of halogens is 3. The minimum absolute atomic E-state index is 0.123. The number of nitro benzene ring substituents is 1. The van der Waals surface area contributed by atoms with Crippen LogP contribution >= 0.6 is 0 Å². The normalized spacial score (nSPS) is 10.3. The second-order valence-electron chi connectivity index (χ2n) is 5.15. The molecule has 0 radical (unpaired) electrons. The Morgan fingerprint density at radius 2 is 1.62 bits per heavy atom. The van der Waals surface area contributed by atoms with Gasteiger partial charge >= 0.3 is 0 Å². The van der Waals surface area contributed by atoms with E-state index in [4.69, 9.17) is 0 Å². The van der Waals surface area contributed by atoms with Gasteiger partial charge in [0.1, 0.15) is 0 Å². The molecule has 10 heteroatoms. The van der Waals surface area contributed by atoms with Crippen LogP contribution < -0.4 is 10.6 Å². The largest absolute Gasteiger partial charge is 0.347 e. The van der Waals surface area contributed by atoms with E-state index in [0.29, 0.717) is 11.6 Å². The van der Waals surface area contributed by atoms with Gasteiger partial charge in [0.2, 0.25) is 11.8 Å². The van der Waals surface area contributed by atoms with E-state index >= 15 is 0 Å². The fourth-order valence-corrected chi connectivity index (χ4v) is 1.98. The highest BCUT2D eigenvalue weighted by atomic mass is 19.2. The summed E-state index contributed by atoms with van der Waals surface area (Å²) in [5.41, 5.74) is -0.194. The average Bonchev–Trinajstić information content (AvgIpc) is 2.61. The molecule has 0 fully saturated rings. The second-order valence-corrected chi connectivity index (χ2v) is 5.15. The molecule has 0 heterocycles. The van der Waals surface area contributed by atoms with Crippen molar-refractivity contribution >= 4 is 23.2 Å². The highest BCUT2D eigenvalue weighted by Crippen LogP contribution is 2.19. The predicted octanol–water partition coefficient (Wildman–Crippen LogP) is 2.31. The van der Waals surface area contributed by atoms with E-state index in [0.717, 1.165) is 6.07 Å². The van der Waals surface area contributed by atoms with Gasteiger partial charge in [0.05, 0.1) is 23.6 Å². The van der Waals surface area contributed by atoms with Gasteiger partial charge in [-0.2, -0.15) is 0 Å². The zero-order valence-electron chi connectivity index (χ0n) is 13.1. The molecule has 2 amide bonds. The van der Waals surface area contributed by atoms with E-state index in [1.54, 1.807) is 0 Å². The van der Waals surface area contributed by atoms with E-state index in [2.05, 4.69) is 5.32 Å². The van der Waals surface area contributed by atoms with Gasteiger partial charge in [-0.1, -0.05) is 12.1 Å². The number of benzene rings is 2. The number of non-ortho nitro benzene ring substituents is 1. The molecule has 0 unspecified atom stereocenters. The lowest BCUT2D eigenvalue weighted by Crippen LogP contribution is -2.34. The lowest BCUT2D eigenvalue weighted by molar-refractivity contribution is -0.384. The molecule has 0 aromatic heterocycles. The Morgan fingerprint density at radius 1 is 0.962 bits per heavy atom. The lowest BCUT2D eigenvalue weighted by Gasteiger charge is -2.08. The molecule has 0 aliphatic heterocycles. The molecular formula is C16H12F3N3O4. The smallest absolute Gasteiger partial charge is 0.269 e. The van der Waals surface area contributed by atoms with E-state index in [9.17, 15) is 32.9 Å². The summed E-state index contributed by atoms with van der Waals surface area (Å²) in [7, 11) is 0. The molecule has 0 bridgehead atoms. The fraction of sp³-hybridized carbons (Fsp3) is 0.125. The van der Waals surface area contributed by atoms with Crippen LogP contribution in [0.1, 0.15) is 5.56 Å². The number of rotatable bonds is 6. The van der Waals surface area contributed by atoms with Crippen LogP contribution in [0.3, 0.4) is 0 Å². The first-order valence-corrected chi connectivity index (χ1v) is 7.21. The van der Waals surface area contributed by atoms with Crippen molar-refractivity contribution < 1.29 is 27.7 Å². The highest BCUT2D eigenvalue weighted by Gasteiger charge is 2.15. The molecule has 0 aliphatic carbocycles. The Bertz CT molecular complexity index is 857. The maximum Gasteiger partial charge on any atom is 0.269 e. The molecule has 136 valence electrons. The first-order valence-electron chi connectivity index (χ1n) is 7.21. The van der Waals surface area contributed by atoms with Gasteiger partial charge in [0.15, 0.2) is 17.5 Å². The molecule has 0 spiro atoms. The number of hydrogen-bond acceptors (Lipinski definition) is 4. The highest BCUT2D eigenvalue weighted by molar-refractivity contribution is 5.94. The topological polar surface area (TPSA) is 101 Å². The Balaban J connectivity index is 1.86. The number of hydrogen-bond donors (Lipinski definition) is 2. The van der Waals surface area contributed by atoms with Crippen molar-refractivity contribution in [2.75, 3.05) is 11.9 Å². The molecule has 0 saturated heterocycles. The number of nitrogens with one attached hydrogen (secondary N) is 2. The minimum Gasteiger partial charge on any atom is -0.347 e. The average molecular weight is 367 g/mol. The van der Waals surface area contributed by atoms with Crippen LogP contribution in [-0.2, 0) is 16.0 Å². The van der Waals surface area contributed by atoms with Crippen molar-refractivity contribution in [2.45, 2.75) is 6.42 Å². The van der Waals surface area contributed by atoms with Crippen molar-refractivity contribution in [1.82, 2.24) is 5.32 Å². The Hall–Kier alpha value is -3.43. The van der Waals surface area contributed by atoms with Crippen LogP contribution in [0.25, 0.3) is 0 Å². The molecule has 2 aromatic rings. The summed E-state index contributed by atoms with van der Waals surface area (Å²) in [5.74, 6) is -6.05. The maximum absolute atomic E-state index is 13.4. The van der Waals surface area contributed by atoms with Crippen molar-refractivity contribution in [1.29, 1.82) is 0 Å². The summed E-state index contributed by atoms with van der Waals surface area (Å²) < 4.78 is 39.3. The minimum atomic E-state index is -1.72. The summed E-state index contributed by atoms with van der Waals surface area (Å²) >= 11 is 0. The molecule has 0 saturated carbocycles. The van der Waals surface area contributed by atoms with Gasteiger partial charge in [-0.3, -0.25) is 19.7 Å². The zero-order chi connectivity index (χ0) is 19.3. The van der Waals surface area contributed by atoms with Gasteiger partial charge in [0.25, 0.3) is 5.69 Å². The van der Waals surface area contributed by atoms with Crippen LogP contribution in [0.15, 0.2) is 36.4 Å². The third-order valence-electron chi connectivity index (χ3n) is 3.27. The lowest BCUT2D eigenvalue weighted by atomic mass is 10.1. The summed E-state index contributed by atoms with van der Waals surface area (Å²) in [4.78, 5) is 33.4. The van der Waals surface area contributed by atoms with Crippen LogP contribution in [0.4, 0.5) is 24.5 Å². The van der Waals surface area contributed by atoms with Gasteiger partial charge in [-0.05, 0) is 17.7 Å². The molecule has 0 aliphatic rings. The quantitative estimate of drug-likeness (QED) is 0.465. The van der Waals surface area contributed by atoms with E-state index < -0.39 is 46.4 Å². The third-order valence-corrected chi connectivity index (χ3v) is 3.27. The molecule has 7 nitrogen and oxygen atoms in total. The monoisotopic (exact) mass is 367 g/mol. The van der Waals surface area contributed by atoms with E-state index in [1.807, 2.05) is 5.32 Å². The first-order chi connectivity index (χ1) is 12.3. The van der Waals surface area contributed by atoms with E-state index in [-0.39, 0.29) is 12.1 Å². The zero-order valence-corrected chi connectivity index (χ0v) is 13.1. The predicted molar refractivity (Wildman–Crippen MR) is 84.8 cm³/mol. The number of nitro groups is 1. The van der Waals surface area contributed by atoms with Crippen molar-refractivity contribution in [2.24, 2.45) is 0 Å². The Labute approximate surface area is 145 Å². The summed E-state index contributed by atoms with van der Waals surface area (Å²) in [6.07, 6.45) is -0.134. The van der Waals surface area contributed by atoms with Crippen LogP contribution in [-0.4, -0.2) is 23.3 Å². The number of amides is 2. The van der Waals surface area contributed by atoms with E-state index in [1.165, 1.54) is 24.3 Å². The number of nitrogens with zero attached hydrogens (tertiary/aromatic N) is 1. The van der Waals surface area contributed by atoms with Gasteiger partial charge in [-0.25, -0.2) is 13.2 Å². The second kappa shape index (κ2) is 8.10. The summed E-state index contributed by atoms with van der Waals surface area (Å²) in [6.45, 7) is -0.524. The van der Waals surface area contributed by atoms with Gasteiger partial charge in [0, 0.05) is 12.1 Å². The molecule has 2 rings (SSSR count). The molecule has 2 N–H and O–H groups in total. The third kappa shape index (κ3) is 4.79. The fourth-order valence-electron chi connectivity index (χ4n) is 1.98. The first kappa shape index (κ1) is 18.9. The number of carbonyl (C=O) groups is 2. The van der Waals surface area contributed by atoms with Crippen molar-refractivity contribution in [3.8, 4) is 0 Å². The summed E-state index contributed by atoms with van der Waals surface area (Å²) in [5, 5.41) is 14.8. The summed E-state index contributed by atoms with van der Waals surface area (Å²) in [6, 6.07) is 6.77. The van der Waals surface area contributed by atoms with Crippen LogP contribution in [0.2, 0.25) is 0 Å². The SMILES string of the molecule is O=C(Cc1ccc([N+](=O)[O-])cc1)NCC(=O)Nc1ccc(F)c(F)c1F. The van der Waals surface area contributed by atoms with Crippen LogP contribution in [0, 0.1) is 27.6 Å². The van der Waals surface area contributed by atoms with Gasteiger partial charge in [-0.15, -0.1) is 0 Å². The molecular weight excluding hydrogens is 355 g/mol. The molecule has 2 aromatic carbocycles. The Kier molecular flexibility index (Phi) is 5.89. The molecule has 0 atom stereocenters. The van der Waals surface area contributed by atoms with Gasteiger partial charge < -0.3 is 10.6 Å². The van der Waals surface area contributed by atoms with Crippen molar-refractivity contribution in [3.63, 3.8) is 0 Å². The van der Waals surface area contributed by atoms with Crippen molar-refractivity contribution in [3.05, 3.63) is 69.5 Å². The number of carbonyl (C=O) groups excluding carboxylic acids is 2. The Morgan fingerprint density at radius 3 is 2.23 bits per heavy atom.